The zero-order valence-electron chi connectivity index (χ0n) is 19.6. The van der Waals surface area contributed by atoms with Crippen LogP contribution in [0.3, 0.4) is 0 Å². The third-order valence-corrected chi connectivity index (χ3v) is 6.72. The fourth-order valence-corrected chi connectivity index (χ4v) is 4.49. The summed E-state index contributed by atoms with van der Waals surface area (Å²) in [5.74, 6) is 0.385. The molecule has 0 saturated carbocycles. The zero-order chi connectivity index (χ0) is 20.5. The molecular formula is C25H49BrN2O. The number of halogens is 1. The van der Waals surface area contributed by atoms with Crippen LogP contribution in [0, 0.1) is 0 Å². The second-order valence-electron chi connectivity index (χ2n) is 8.95. The van der Waals surface area contributed by atoms with E-state index in [1.807, 2.05) is 6.08 Å². The van der Waals surface area contributed by atoms with Crippen LogP contribution in [0.1, 0.15) is 104 Å². The molecule has 1 rings (SSSR count). The number of rotatable bonds is 17. The van der Waals surface area contributed by atoms with E-state index in [0.717, 1.165) is 56.6 Å². The molecule has 1 heterocycles. The van der Waals surface area contributed by atoms with E-state index in [2.05, 4.69) is 25.3 Å². The van der Waals surface area contributed by atoms with Gasteiger partial charge in [0, 0.05) is 6.42 Å². The maximum atomic E-state index is 12.5. The van der Waals surface area contributed by atoms with Gasteiger partial charge in [0.1, 0.15) is 0 Å². The Balaban J connectivity index is 0.00000784. The van der Waals surface area contributed by atoms with Crippen molar-refractivity contribution in [3.8, 4) is 0 Å². The lowest BCUT2D eigenvalue weighted by molar-refractivity contribution is -0.924. The van der Waals surface area contributed by atoms with Crippen molar-refractivity contribution in [1.82, 2.24) is 4.90 Å². The van der Waals surface area contributed by atoms with Gasteiger partial charge in [-0.15, -0.1) is 0 Å². The van der Waals surface area contributed by atoms with Crippen molar-refractivity contribution in [2.24, 2.45) is 0 Å². The predicted octanol–water partition coefficient (Wildman–Crippen LogP) is 3.34. The van der Waals surface area contributed by atoms with Crippen molar-refractivity contribution in [3.63, 3.8) is 0 Å². The van der Waals surface area contributed by atoms with Gasteiger partial charge in [-0.1, -0.05) is 90.6 Å². The minimum atomic E-state index is 0. The lowest BCUT2D eigenvalue weighted by Gasteiger charge is -2.43. The van der Waals surface area contributed by atoms with Crippen LogP contribution < -0.4 is 17.0 Å². The summed E-state index contributed by atoms with van der Waals surface area (Å²) in [6.07, 6.45) is 20.4. The Morgan fingerprint density at radius 2 is 1.28 bits per heavy atom. The molecule has 172 valence electrons. The molecule has 1 fully saturated rings. The van der Waals surface area contributed by atoms with Crippen molar-refractivity contribution >= 4 is 5.91 Å². The highest BCUT2D eigenvalue weighted by Crippen LogP contribution is 2.16. The first kappa shape index (κ1) is 28.6. The molecule has 1 aliphatic heterocycles. The fraction of sp³-hybridized carbons (Fsp3) is 0.880. The molecule has 1 amide bonds. The Morgan fingerprint density at radius 3 is 1.69 bits per heavy atom. The SMILES string of the molecule is C=CC[N+]1(CC)CCN(C(=O)CCCCCCCCCCCCCCC)CC1.[Br-]. The quantitative estimate of drug-likeness (QED) is 0.180. The number of carbonyl (C=O) groups excluding carboxylic acids is 1. The number of hydrogen-bond donors (Lipinski definition) is 0. The van der Waals surface area contributed by atoms with Crippen molar-refractivity contribution < 1.29 is 26.3 Å². The monoisotopic (exact) mass is 472 g/mol. The van der Waals surface area contributed by atoms with Gasteiger partial charge in [-0.05, 0) is 19.4 Å². The molecule has 1 saturated heterocycles. The van der Waals surface area contributed by atoms with Crippen molar-refractivity contribution in [3.05, 3.63) is 12.7 Å². The summed E-state index contributed by atoms with van der Waals surface area (Å²) < 4.78 is 1.10. The molecule has 0 aromatic carbocycles. The van der Waals surface area contributed by atoms with Gasteiger partial charge < -0.3 is 26.4 Å². The van der Waals surface area contributed by atoms with Gasteiger partial charge in [-0.3, -0.25) is 4.79 Å². The van der Waals surface area contributed by atoms with E-state index in [1.54, 1.807) is 0 Å². The van der Waals surface area contributed by atoms with Crippen LogP contribution >= 0.6 is 0 Å². The summed E-state index contributed by atoms with van der Waals surface area (Å²) in [6, 6.07) is 0. The minimum absolute atomic E-state index is 0. The third-order valence-electron chi connectivity index (χ3n) is 6.72. The molecule has 0 N–H and O–H groups in total. The standard InChI is InChI=1S/C25H49N2O.BrH/c1-4-7-8-9-10-11-12-13-14-15-16-17-18-19-25(28)26-20-23-27(6-3,22-5-2)24-21-26;/h5H,2,4,6-24H2,1,3H3;1H/q+1;/p-1. The third kappa shape index (κ3) is 12.8. The number of nitrogens with zero attached hydrogens (tertiary/aromatic N) is 2. The average Bonchev–Trinajstić information content (AvgIpc) is 2.72. The molecule has 0 radical (unpaired) electrons. The number of amides is 1. The summed E-state index contributed by atoms with van der Waals surface area (Å²) in [4.78, 5) is 14.6. The lowest BCUT2D eigenvalue weighted by Crippen LogP contribution is -3.00. The highest BCUT2D eigenvalue weighted by atomic mass is 79.9. The number of hydrogen-bond acceptors (Lipinski definition) is 1. The second-order valence-corrected chi connectivity index (χ2v) is 8.95. The number of unbranched alkanes of at least 4 members (excludes halogenated alkanes) is 12. The van der Waals surface area contributed by atoms with E-state index in [9.17, 15) is 4.79 Å². The number of likely N-dealkylation sites (N-methyl/N-ethyl adjacent to an activating group) is 1. The first-order valence-corrected chi connectivity index (χ1v) is 12.4. The molecule has 0 atom stereocenters. The van der Waals surface area contributed by atoms with Crippen LogP contribution in [-0.4, -0.2) is 54.6 Å². The van der Waals surface area contributed by atoms with Crippen LogP contribution in [0.4, 0.5) is 0 Å². The van der Waals surface area contributed by atoms with Crippen LogP contribution in [0.25, 0.3) is 0 Å². The topological polar surface area (TPSA) is 20.3 Å². The molecule has 29 heavy (non-hydrogen) atoms. The van der Waals surface area contributed by atoms with Crippen LogP contribution in [0.2, 0.25) is 0 Å². The average molecular weight is 474 g/mol. The molecule has 0 aliphatic carbocycles. The Labute approximate surface area is 192 Å². The number of quaternary nitrogens is 1. The van der Waals surface area contributed by atoms with E-state index in [0.29, 0.717) is 5.91 Å². The van der Waals surface area contributed by atoms with Crippen molar-refractivity contribution in [1.29, 1.82) is 0 Å². The van der Waals surface area contributed by atoms with Crippen LogP contribution in [0.5, 0.6) is 0 Å². The van der Waals surface area contributed by atoms with Gasteiger partial charge in [-0.25, -0.2) is 0 Å². The fourth-order valence-electron chi connectivity index (χ4n) is 4.49. The highest BCUT2D eigenvalue weighted by molar-refractivity contribution is 5.76. The maximum absolute atomic E-state index is 12.5. The lowest BCUT2D eigenvalue weighted by atomic mass is 10.0. The summed E-state index contributed by atoms with van der Waals surface area (Å²) in [6.45, 7) is 14.7. The Kier molecular flexibility index (Phi) is 18.2. The normalized spacial score (nSPS) is 15.7. The highest BCUT2D eigenvalue weighted by Gasteiger charge is 2.31. The molecule has 4 heteroatoms. The second kappa shape index (κ2) is 18.4. The molecule has 3 nitrogen and oxygen atoms in total. The smallest absolute Gasteiger partial charge is 0.222 e. The van der Waals surface area contributed by atoms with E-state index < -0.39 is 0 Å². The van der Waals surface area contributed by atoms with Gasteiger partial charge in [0.15, 0.2) is 0 Å². The minimum Gasteiger partial charge on any atom is -1.00 e. The summed E-state index contributed by atoms with van der Waals surface area (Å²) in [5.41, 5.74) is 0. The molecule has 0 aromatic heterocycles. The van der Waals surface area contributed by atoms with E-state index >= 15 is 0 Å². The predicted molar refractivity (Wildman–Crippen MR) is 122 cm³/mol. The van der Waals surface area contributed by atoms with Gasteiger partial charge in [0.2, 0.25) is 5.91 Å². The largest absolute Gasteiger partial charge is 1.00 e. The summed E-state index contributed by atoms with van der Waals surface area (Å²) >= 11 is 0. The van der Waals surface area contributed by atoms with Gasteiger partial charge in [0.05, 0.1) is 39.3 Å². The molecule has 1 aliphatic rings. The summed E-state index contributed by atoms with van der Waals surface area (Å²) in [5, 5.41) is 0. The molecule has 0 unspecified atom stereocenters. The molecule has 0 spiro atoms. The number of carbonyl (C=O) groups is 1. The van der Waals surface area contributed by atoms with E-state index in [-0.39, 0.29) is 17.0 Å². The van der Waals surface area contributed by atoms with Crippen molar-refractivity contribution in [2.45, 2.75) is 104 Å². The Morgan fingerprint density at radius 1 is 0.828 bits per heavy atom. The van der Waals surface area contributed by atoms with Crippen molar-refractivity contribution in [2.75, 3.05) is 39.3 Å². The van der Waals surface area contributed by atoms with E-state index in [1.165, 1.54) is 77.0 Å². The molecular weight excluding hydrogens is 424 g/mol. The van der Waals surface area contributed by atoms with Crippen LogP contribution in [0.15, 0.2) is 12.7 Å². The van der Waals surface area contributed by atoms with Gasteiger partial charge in [-0.2, -0.15) is 0 Å². The maximum Gasteiger partial charge on any atom is 0.222 e. The van der Waals surface area contributed by atoms with Gasteiger partial charge >= 0.3 is 0 Å². The number of piperazine rings is 1. The zero-order valence-corrected chi connectivity index (χ0v) is 21.2. The Hall–Kier alpha value is -0.350. The molecule has 0 aromatic rings. The van der Waals surface area contributed by atoms with Gasteiger partial charge in [0.25, 0.3) is 0 Å². The first-order valence-electron chi connectivity index (χ1n) is 12.4. The molecule has 0 bridgehead atoms. The summed E-state index contributed by atoms with van der Waals surface area (Å²) in [7, 11) is 0. The van der Waals surface area contributed by atoms with Crippen LogP contribution in [-0.2, 0) is 4.79 Å². The Bertz CT molecular complexity index is 406. The van der Waals surface area contributed by atoms with E-state index in [4.69, 9.17) is 0 Å². The first-order chi connectivity index (χ1) is 13.7.